The van der Waals surface area contributed by atoms with Gasteiger partial charge in [0, 0.05) is 37.4 Å². The average Bonchev–Trinajstić information content (AvgIpc) is 3.54. The molecule has 50 heavy (non-hydrogen) atoms. The van der Waals surface area contributed by atoms with Crippen molar-refractivity contribution < 1.29 is 18.6 Å². The highest BCUT2D eigenvalue weighted by Crippen LogP contribution is 2.26. The predicted octanol–water partition coefficient (Wildman–Crippen LogP) is 7.03. The highest BCUT2D eigenvalue weighted by atomic mass is 32.2. The number of hydrogen-bond acceptors (Lipinski definition) is 5. The number of amides is 3. The molecule has 1 unspecified atom stereocenters. The van der Waals surface area contributed by atoms with Gasteiger partial charge in [-0.3, -0.25) is 19.1 Å². The largest absolute Gasteiger partial charge is 0.337 e. The van der Waals surface area contributed by atoms with Crippen LogP contribution in [0.3, 0.4) is 0 Å². The second-order valence-electron chi connectivity index (χ2n) is 12.8. The first-order valence-electron chi connectivity index (χ1n) is 17.3. The molecule has 0 fully saturated rings. The molecule has 10 heteroatoms. The van der Waals surface area contributed by atoms with Gasteiger partial charge in [0.1, 0.15) is 0 Å². The normalized spacial score (nSPS) is 13.1. The van der Waals surface area contributed by atoms with Crippen LogP contribution in [0.5, 0.6) is 0 Å². The fraction of sp³-hybridized carbons (Fsp3) is 0.300. The third-order valence-electron chi connectivity index (χ3n) is 9.21. The molecule has 4 aromatic carbocycles. The van der Waals surface area contributed by atoms with Crippen molar-refractivity contribution in [2.45, 2.75) is 64.3 Å². The quantitative estimate of drug-likeness (QED) is 0.152. The van der Waals surface area contributed by atoms with E-state index in [0.29, 0.717) is 54.6 Å². The summed E-state index contributed by atoms with van der Waals surface area (Å²) in [5.74, 6) is -0.965. The first-order chi connectivity index (χ1) is 24.3. The van der Waals surface area contributed by atoms with Crippen LogP contribution in [0.4, 0.5) is 0 Å². The van der Waals surface area contributed by atoms with E-state index in [1.54, 1.807) is 46.0 Å². The van der Waals surface area contributed by atoms with Crippen LogP contribution in [0.2, 0.25) is 0 Å². The van der Waals surface area contributed by atoms with Gasteiger partial charge in [0.15, 0.2) is 16.7 Å². The standard InChI is InChI=1S/C40H43N5O4S/c1-4-6-21-43(22-7-5-2)40(48)36-24-28(3)45(41-36)37-19-17-32(26-35(37)39(47)44-23-20-30-13-9-11-15-33(30)27-44)38(46)42-50(49)34-18-16-29-12-8-10-14-31(29)25-34/h8-19,24-26H,4-7,20-23,27H2,1-3H3,(H,42,46). The van der Waals surface area contributed by atoms with E-state index in [1.807, 2.05) is 60.4 Å². The Hall–Kier alpha value is -5.09. The maximum absolute atomic E-state index is 14.4. The molecule has 258 valence electrons. The number of nitrogens with one attached hydrogen (secondary N) is 1. The fourth-order valence-corrected chi connectivity index (χ4v) is 7.18. The van der Waals surface area contributed by atoms with E-state index < -0.39 is 16.9 Å². The minimum atomic E-state index is -1.83. The molecule has 5 aromatic rings. The molecule has 0 radical (unpaired) electrons. The number of aromatic nitrogens is 2. The van der Waals surface area contributed by atoms with Gasteiger partial charge in [-0.05, 0) is 84.5 Å². The lowest BCUT2D eigenvalue weighted by Gasteiger charge is -2.29. The molecule has 2 heterocycles. The first kappa shape index (κ1) is 34.8. The highest BCUT2D eigenvalue weighted by Gasteiger charge is 2.27. The molecule has 1 atom stereocenters. The summed E-state index contributed by atoms with van der Waals surface area (Å²) in [6, 6.07) is 27.8. The van der Waals surface area contributed by atoms with Crippen molar-refractivity contribution in [3.63, 3.8) is 0 Å². The Balaban J connectivity index is 1.33. The third-order valence-corrected chi connectivity index (χ3v) is 10.3. The summed E-state index contributed by atoms with van der Waals surface area (Å²) in [5.41, 5.74) is 4.21. The van der Waals surface area contributed by atoms with Crippen LogP contribution in [-0.2, 0) is 24.0 Å². The van der Waals surface area contributed by atoms with Crippen molar-refractivity contribution in [1.82, 2.24) is 24.3 Å². The Morgan fingerprint density at radius 2 is 1.54 bits per heavy atom. The number of aryl methyl sites for hydroxylation is 1. The van der Waals surface area contributed by atoms with Crippen molar-refractivity contribution in [3.8, 4) is 5.69 Å². The number of hydrogen-bond donors (Lipinski definition) is 1. The van der Waals surface area contributed by atoms with Crippen molar-refractivity contribution in [1.29, 1.82) is 0 Å². The summed E-state index contributed by atoms with van der Waals surface area (Å²) >= 11 is 0. The minimum absolute atomic E-state index is 0.138. The van der Waals surface area contributed by atoms with Crippen LogP contribution in [0.15, 0.2) is 95.9 Å². The molecule has 3 amide bonds. The Labute approximate surface area is 295 Å². The number of benzene rings is 4. The first-order valence-corrected chi connectivity index (χ1v) is 18.5. The number of unbranched alkanes of at least 4 members (excludes halogenated alkanes) is 2. The van der Waals surface area contributed by atoms with E-state index in [0.717, 1.165) is 42.0 Å². The zero-order valence-electron chi connectivity index (χ0n) is 28.9. The summed E-state index contributed by atoms with van der Waals surface area (Å²) in [6.45, 7) is 8.33. The van der Waals surface area contributed by atoms with Crippen LogP contribution in [0, 0.1) is 6.92 Å². The number of rotatable bonds is 12. The molecule has 1 aliphatic heterocycles. The lowest BCUT2D eigenvalue weighted by Crippen LogP contribution is -2.37. The zero-order chi connectivity index (χ0) is 35.2. The van der Waals surface area contributed by atoms with Crippen molar-refractivity contribution in [2.24, 2.45) is 0 Å². The molecular weight excluding hydrogens is 647 g/mol. The smallest absolute Gasteiger partial charge is 0.274 e. The average molecular weight is 690 g/mol. The summed E-state index contributed by atoms with van der Waals surface area (Å²) in [5, 5.41) is 6.66. The van der Waals surface area contributed by atoms with E-state index in [4.69, 9.17) is 5.10 Å². The van der Waals surface area contributed by atoms with Gasteiger partial charge in [-0.2, -0.15) is 5.10 Å². The molecule has 6 rings (SSSR count). The summed E-state index contributed by atoms with van der Waals surface area (Å²) in [4.78, 5) is 45.7. The van der Waals surface area contributed by atoms with Gasteiger partial charge in [0.2, 0.25) is 0 Å². The van der Waals surface area contributed by atoms with E-state index in [-0.39, 0.29) is 22.9 Å². The maximum atomic E-state index is 14.4. The Bertz CT molecular complexity index is 2060. The van der Waals surface area contributed by atoms with Gasteiger partial charge >= 0.3 is 0 Å². The molecule has 0 aliphatic carbocycles. The Kier molecular flexibility index (Phi) is 10.9. The van der Waals surface area contributed by atoms with Gasteiger partial charge in [0.25, 0.3) is 17.7 Å². The van der Waals surface area contributed by atoms with Gasteiger partial charge < -0.3 is 9.80 Å². The summed E-state index contributed by atoms with van der Waals surface area (Å²) in [7, 11) is -1.83. The fourth-order valence-electron chi connectivity index (χ4n) is 6.36. The van der Waals surface area contributed by atoms with E-state index in [2.05, 4.69) is 24.6 Å². The maximum Gasteiger partial charge on any atom is 0.274 e. The molecule has 1 N–H and O–H groups in total. The molecule has 0 spiro atoms. The topological polar surface area (TPSA) is 105 Å². The lowest BCUT2D eigenvalue weighted by atomic mass is 9.98. The summed E-state index contributed by atoms with van der Waals surface area (Å²) < 4.78 is 17.5. The van der Waals surface area contributed by atoms with Gasteiger partial charge in [-0.15, -0.1) is 0 Å². The second-order valence-corrected chi connectivity index (χ2v) is 14.0. The van der Waals surface area contributed by atoms with Crippen LogP contribution < -0.4 is 4.72 Å². The highest BCUT2D eigenvalue weighted by molar-refractivity contribution is 7.83. The van der Waals surface area contributed by atoms with Crippen LogP contribution >= 0.6 is 0 Å². The van der Waals surface area contributed by atoms with Crippen LogP contribution in [0.25, 0.3) is 16.5 Å². The van der Waals surface area contributed by atoms with Crippen LogP contribution in [-0.4, -0.2) is 61.1 Å². The van der Waals surface area contributed by atoms with E-state index in [1.165, 1.54) is 5.56 Å². The van der Waals surface area contributed by atoms with Crippen molar-refractivity contribution >= 4 is 39.5 Å². The molecule has 9 nitrogen and oxygen atoms in total. The van der Waals surface area contributed by atoms with Crippen molar-refractivity contribution in [2.75, 3.05) is 19.6 Å². The third kappa shape index (κ3) is 7.55. The molecule has 0 saturated carbocycles. The minimum Gasteiger partial charge on any atom is -0.337 e. The second kappa shape index (κ2) is 15.6. The number of carbonyl (C=O) groups excluding carboxylic acids is 3. The lowest BCUT2D eigenvalue weighted by molar-refractivity contribution is 0.0732. The molecule has 0 saturated heterocycles. The Morgan fingerprint density at radius 1 is 0.840 bits per heavy atom. The van der Waals surface area contributed by atoms with Crippen molar-refractivity contribution in [3.05, 3.63) is 125 Å². The van der Waals surface area contributed by atoms with E-state index >= 15 is 0 Å². The zero-order valence-corrected chi connectivity index (χ0v) is 29.7. The Morgan fingerprint density at radius 3 is 2.28 bits per heavy atom. The summed E-state index contributed by atoms with van der Waals surface area (Å²) in [6.07, 6.45) is 4.48. The molecule has 1 aliphatic rings. The van der Waals surface area contributed by atoms with E-state index in [9.17, 15) is 18.6 Å². The van der Waals surface area contributed by atoms with Gasteiger partial charge in [0.05, 0.1) is 16.1 Å². The molecular formula is C40H43N5O4S. The predicted molar refractivity (Wildman–Crippen MR) is 197 cm³/mol. The van der Waals surface area contributed by atoms with Gasteiger partial charge in [-0.1, -0.05) is 81.3 Å². The monoisotopic (exact) mass is 689 g/mol. The number of fused-ring (bicyclic) bond motifs is 2. The number of nitrogens with zero attached hydrogens (tertiary/aromatic N) is 4. The van der Waals surface area contributed by atoms with Crippen LogP contribution in [0.1, 0.15) is 87.6 Å². The number of carbonyl (C=O) groups is 3. The molecule has 0 bridgehead atoms. The SMILES string of the molecule is CCCCN(CCCC)C(=O)c1cc(C)n(-c2ccc(C(=O)NS(=O)c3ccc4ccccc4c3)cc2C(=O)N2CCc3ccccc3C2)n1. The van der Waals surface area contributed by atoms with Gasteiger partial charge in [-0.25, -0.2) is 8.89 Å². The molecule has 1 aromatic heterocycles.